The van der Waals surface area contributed by atoms with Crippen molar-refractivity contribution in [2.75, 3.05) is 0 Å². The number of aromatic nitrogens is 2. The maximum Gasteiger partial charge on any atom is 0.187 e. The molecule has 1 aromatic heterocycles. The SMILES string of the molecule is [BH3-][SiH2]c1n(-c2c(C(C)C)cccc2C(C)C)cc[n+]1-c1c(C(C)C)cccc1C(C)C. The Bertz CT molecular complexity index is 914. The third-order valence-electron chi connectivity index (χ3n) is 6.09. The van der Waals surface area contributed by atoms with E-state index in [0.717, 1.165) is 0 Å². The third kappa shape index (κ3) is 4.46. The zero-order chi connectivity index (χ0) is 22.9. The number of benzene rings is 2. The van der Waals surface area contributed by atoms with Crippen molar-refractivity contribution < 1.29 is 4.57 Å². The van der Waals surface area contributed by atoms with Crippen LogP contribution < -0.4 is 10.0 Å². The van der Waals surface area contributed by atoms with Gasteiger partial charge in [0.05, 0.1) is 0 Å². The van der Waals surface area contributed by atoms with Crippen molar-refractivity contribution in [3.63, 3.8) is 0 Å². The van der Waals surface area contributed by atoms with Crippen LogP contribution in [-0.4, -0.2) is 21.4 Å². The van der Waals surface area contributed by atoms with E-state index in [1.165, 1.54) is 33.6 Å². The predicted molar refractivity (Wildman–Crippen MR) is 142 cm³/mol. The summed E-state index contributed by atoms with van der Waals surface area (Å²) in [6, 6.07) is 13.9. The first-order valence-electron chi connectivity index (χ1n) is 11.4. The average Bonchev–Trinajstić information content (AvgIpc) is 3.15. The van der Waals surface area contributed by atoms with Gasteiger partial charge in [0, 0.05) is 31.6 Å². The largest absolute Gasteiger partial charge is 0.208 e. The molecule has 0 atom stereocenters. The molecule has 0 bridgehead atoms. The Kier molecular flexibility index (Phi) is 7.31. The standard InChI is InChI=1S/C27H41BN2Si/c1-17(2)21-11-9-12-22(18(3)4)25(21)29-15-16-30(27(29)31-28)26-23(19(5)6)13-10-14-24(26)20(7)8/h9-20H,31H2,1-8,28H3. The van der Waals surface area contributed by atoms with Gasteiger partial charge in [-0.2, -0.15) is 0 Å². The fraction of sp³-hybridized carbons (Fsp3) is 0.444. The van der Waals surface area contributed by atoms with E-state index in [2.05, 4.69) is 113 Å². The Morgan fingerprint density at radius 2 is 1.13 bits per heavy atom. The molecule has 3 aromatic rings. The molecular weight excluding hydrogens is 391 g/mol. The summed E-state index contributed by atoms with van der Waals surface area (Å²) >= 11 is 0. The van der Waals surface area contributed by atoms with Gasteiger partial charge in [0.1, 0.15) is 23.8 Å². The zero-order valence-corrected chi connectivity index (χ0v) is 21.4. The summed E-state index contributed by atoms with van der Waals surface area (Å²) in [4.78, 5) is 0. The lowest BCUT2D eigenvalue weighted by molar-refractivity contribution is -0.576. The minimum absolute atomic E-state index is 0.198. The molecule has 0 aliphatic rings. The first-order valence-corrected chi connectivity index (χ1v) is 12.1. The molecule has 31 heavy (non-hydrogen) atoms. The smallest absolute Gasteiger partial charge is 0.187 e. The lowest BCUT2D eigenvalue weighted by Crippen LogP contribution is -2.52. The average molecular weight is 433 g/mol. The molecule has 0 radical (unpaired) electrons. The highest BCUT2D eigenvalue weighted by Gasteiger charge is 2.27. The highest BCUT2D eigenvalue weighted by Crippen LogP contribution is 2.31. The van der Waals surface area contributed by atoms with Gasteiger partial charge in [0.2, 0.25) is 0 Å². The molecule has 2 aromatic carbocycles. The molecule has 3 rings (SSSR count). The van der Waals surface area contributed by atoms with Crippen molar-refractivity contribution in [2.45, 2.75) is 79.1 Å². The zero-order valence-electron chi connectivity index (χ0n) is 20.0. The molecule has 0 unspecified atom stereocenters. The van der Waals surface area contributed by atoms with Gasteiger partial charge in [-0.1, -0.05) is 91.8 Å². The number of nitrogens with zero attached hydrogens (tertiary/aromatic N) is 2. The fourth-order valence-electron chi connectivity index (χ4n) is 4.41. The van der Waals surface area contributed by atoms with Crippen molar-refractivity contribution in [2.24, 2.45) is 0 Å². The summed E-state index contributed by atoms with van der Waals surface area (Å²) in [5, 5.41) is 0. The van der Waals surface area contributed by atoms with Gasteiger partial charge in [-0.25, -0.2) is 9.13 Å². The molecule has 1 heterocycles. The number of para-hydroxylation sites is 2. The Morgan fingerprint density at radius 3 is 1.52 bits per heavy atom. The first kappa shape index (κ1) is 23.6. The Balaban J connectivity index is 2.36. The molecule has 0 amide bonds. The summed E-state index contributed by atoms with van der Waals surface area (Å²) < 4.78 is 5.18. The quantitative estimate of drug-likeness (QED) is 0.388. The van der Waals surface area contributed by atoms with E-state index in [-0.39, 0.29) is 9.39 Å². The van der Waals surface area contributed by atoms with Gasteiger partial charge < -0.3 is 0 Å². The molecule has 0 aliphatic heterocycles. The van der Waals surface area contributed by atoms with E-state index >= 15 is 0 Å². The van der Waals surface area contributed by atoms with E-state index in [1.807, 2.05) is 0 Å². The van der Waals surface area contributed by atoms with Crippen LogP contribution in [0.2, 0.25) is 0 Å². The first-order chi connectivity index (χ1) is 14.7. The number of hydrogen-bond acceptors (Lipinski definition) is 0. The van der Waals surface area contributed by atoms with Gasteiger partial charge in [0.15, 0.2) is 5.45 Å². The van der Waals surface area contributed by atoms with Crippen LogP contribution in [0.15, 0.2) is 48.8 Å². The molecule has 0 spiro atoms. The van der Waals surface area contributed by atoms with Gasteiger partial charge in [-0.3, -0.25) is 0 Å². The minimum atomic E-state index is -0.198. The lowest BCUT2D eigenvalue weighted by Gasteiger charge is -2.20. The maximum atomic E-state index is 2.59. The van der Waals surface area contributed by atoms with Crippen molar-refractivity contribution in [1.82, 2.24) is 4.57 Å². The van der Waals surface area contributed by atoms with Crippen LogP contribution in [0.4, 0.5) is 0 Å². The van der Waals surface area contributed by atoms with E-state index < -0.39 is 0 Å². The van der Waals surface area contributed by atoms with Crippen molar-refractivity contribution in [3.05, 3.63) is 71.0 Å². The van der Waals surface area contributed by atoms with Crippen LogP contribution >= 0.6 is 0 Å². The molecule has 2 nitrogen and oxygen atoms in total. The molecular formula is C27H41BN2Si. The van der Waals surface area contributed by atoms with Gasteiger partial charge in [-0.05, 0) is 31.1 Å². The molecule has 4 heteroatoms. The summed E-state index contributed by atoms with van der Waals surface area (Å²) in [7, 11) is 0.144. The number of hydrogen-bond donors (Lipinski definition) is 0. The van der Waals surface area contributed by atoms with Crippen molar-refractivity contribution in [3.8, 4) is 11.4 Å². The van der Waals surface area contributed by atoms with Gasteiger partial charge >= 0.3 is 0 Å². The highest BCUT2D eigenvalue weighted by molar-refractivity contribution is 6.96. The number of rotatable bonds is 7. The van der Waals surface area contributed by atoms with Crippen molar-refractivity contribution >= 4 is 22.3 Å². The monoisotopic (exact) mass is 432 g/mol. The Labute approximate surface area is 192 Å². The normalized spacial score (nSPS) is 12.4. The van der Waals surface area contributed by atoms with Gasteiger partial charge in [0.25, 0.3) is 0 Å². The van der Waals surface area contributed by atoms with Crippen LogP contribution in [0.25, 0.3) is 11.4 Å². The summed E-state index contributed by atoms with van der Waals surface area (Å²) in [6.07, 6.45) is 4.72. The molecule has 0 saturated carbocycles. The summed E-state index contributed by atoms with van der Waals surface area (Å²) in [5.74, 6) is 2.04. The van der Waals surface area contributed by atoms with Crippen LogP contribution in [-0.2, 0) is 0 Å². The second kappa shape index (κ2) is 9.60. The minimum Gasteiger partial charge on any atom is -0.208 e. The summed E-state index contributed by atoms with van der Waals surface area (Å²) in [6.45, 7) is 18.6. The lowest BCUT2D eigenvalue weighted by atomic mass is 9.92. The molecule has 0 N–H and O–H groups in total. The van der Waals surface area contributed by atoms with Crippen LogP contribution in [0.1, 0.15) is 101 Å². The molecule has 0 fully saturated rings. The van der Waals surface area contributed by atoms with E-state index in [4.69, 9.17) is 0 Å². The third-order valence-corrected chi connectivity index (χ3v) is 6.77. The second-order valence-corrected chi connectivity index (χ2v) is 10.3. The van der Waals surface area contributed by atoms with Gasteiger partial charge in [-0.15, -0.1) is 0 Å². The van der Waals surface area contributed by atoms with Crippen LogP contribution in [0, 0.1) is 0 Å². The summed E-state index contributed by atoms with van der Waals surface area (Å²) in [5.41, 5.74) is 10.4. The Hall–Kier alpha value is -2.07. The molecule has 166 valence electrons. The predicted octanol–water partition coefficient (Wildman–Crippen LogP) is 4.32. The second-order valence-electron chi connectivity index (χ2n) is 9.64. The van der Waals surface area contributed by atoms with Crippen molar-refractivity contribution in [1.29, 1.82) is 0 Å². The van der Waals surface area contributed by atoms with Crippen LogP contribution in [0.5, 0.6) is 0 Å². The fourth-order valence-corrected chi connectivity index (χ4v) is 4.94. The van der Waals surface area contributed by atoms with Crippen LogP contribution in [0.3, 0.4) is 0 Å². The van der Waals surface area contributed by atoms with E-state index in [9.17, 15) is 0 Å². The maximum absolute atomic E-state index is 2.59. The topological polar surface area (TPSA) is 8.81 Å². The molecule has 0 saturated heterocycles. The highest BCUT2D eigenvalue weighted by atomic mass is 28.2. The number of imidazole rings is 1. The van der Waals surface area contributed by atoms with E-state index in [0.29, 0.717) is 31.1 Å². The van der Waals surface area contributed by atoms with E-state index in [1.54, 1.807) is 5.45 Å². The molecule has 0 aliphatic carbocycles. The Morgan fingerprint density at radius 1 is 0.710 bits per heavy atom.